The summed E-state index contributed by atoms with van der Waals surface area (Å²) in [6.07, 6.45) is 0. The van der Waals surface area contributed by atoms with Crippen LogP contribution in [0, 0.1) is 5.92 Å². The van der Waals surface area contributed by atoms with Crippen LogP contribution < -0.4 is 10.2 Å². The minimum Gasteiger partial charge on any atom is -0.369 e. The number of anilines is 1. The lowest BCUT2D eigenvalue weighted by molar-refractivity contribution is 0.372. The van der Waals surface area contributed by atoms with Crippen molar-refractivity contribution in [2.24, 2.45) is 5.92 Å². The minimum absolute atomic E-state index is 0.252. The second-order valence-electron chi connectivity index (χ2n) is 6.16. The fourth-order valence-electron chi connectivity index (χ4n) is 2.36. The van der Waals surface area contributed by atoms with Crippen molar-refractivity contribution in [1.82, 2.24) is 5.32 Å². The molecule has 1 aromatic carbocycles. The Morgan fingerprint density at radius 3 is 2.11 bits per heavy atom. The molecule has 1 aromatic rings. The van der Waals surface area contributed by atoms with Crippen LogP contribution in [-0.2, 0) is 5.41 Å². The predicted octanol–water partition coefficient (Wildman–Crippen LogP) is 3.03. The van der Waals surface area contributed by atoms with E-state index in [1.165, 1.54) is 11.3 Å². The summed E-state index contributed by atoms with van der Waals surface area (Å²) in [7, 11) is 0. The smallest absolute Gasteiger partial charge is 0.0367 e. The number of benzene rings is 1. The summed E-state index contributed by atoms with van der Waals surface area (Å²) in [6.45, 7) is 13.7. The molecule has 0 radical (unpaired) electrons. The molecule has 0 saturated carbocycles. The summed E-state index contributed by atoms with van der Waals surface area (Å²) < 4.78 is 0. The molecule has 2 rings (SSSR count). The molecule has 1 heterocycles. The van der Waals surface area contributed by atoms with Gasteiger partial charge >= 0.3 is 0 Å². The van der Waals surface area contributed by atoms with Gasteiger partial charge in [0.15, 0.2) is 0 Å². The van der Waals surface area contributed by atoms with Crippen molar-refractivity contribution >= 4 is 5.69 Å². The zero-order chi connectivity index (χ0) is 13.2. The Kier molecular flexibility index (Phi) is 3.96. The fourth-order valence-corrected chi connectivity index (χ4v) is 2.36. The maximum Gasteiger partial charge on any atom is 0.0367 e. The van der Waals surface area contributed by atoms with Crippen molar-refractivity contribution in [3.8, 4) is 0 Å². The Balaban J connectivity index is 2.14. The molecule has 1 saturated heterocycles. The van der Waals surface area contributed by atoms with Crippen molar-refractivity contribution in [2.75, 3.05) is 31.1 Å². The highest BCUT2D eigenvalue weighted by Crippen LogP contribution is 2.32. The lowest BCUT2D eigenvalue weighted by Gasteiger charge is -2.32. The second kappa shape index (κ2) is 5.31. The maximum atomic E-state index is 3.39. The molecule has 1 N–H and O–H groups in total. The molecule has 0 unspecified atom stereocenters. The molecule has 0 aromatic heterocycles. The Labute approximate surface area is 111 Å². The van der Waals surface area contributed by atoms with Gasteiger partial charge < -0.3 is 10.2 Å². The lowest BCUT2D eigenvalue weighted by Crippen LogP contribution is -2.43. The number of piperazine rings is 1. The third kappa shape index (κ3) is 2.69. The molecular formula is C16H26N2. The van der Waals surface area contributed by atoms with Crippen LogP contribution in [0.3, 0.4) is 0 Å². The SMILES string of the molecule is CC(C)C(C)(C)c1ccc(N2CCNCC2)cc1. The minimum atomic E-state index is 0.252. The summed E-state index contributed by atoms with van der Waals surface area (Å²) >= 11 is 0. The first kappa shape index (κ1) is 13.4. The van der Waals surface area contributed by atoms with Crippen LogP contribution in [0.25, 0.3) is 0 Å². The highest BCUT2D eigenvalue weighted by atomic mass is 15.2. The van der Waals surface area contributed by atoms with Gasteiger partial charge in [-0.1, -0.05) is 39.8 Å². The van der Waals surface area contributed by atoms with E-state index >= 15 is 0 Å². The van der Waals surface area contributed by atoms with E-state index in [2.05, 4.69) is 62.2 Å². The van der Waals surface area contributed by atoms with E-state index in [0.29, 0.717) is 5.92 Å². The van der Waals surface area contributed by atoms with Gasteiger partial charge in [-0.15, -0.1) is 0 Å². The zero-order valence-corrected chi connectivity index (χ0v) is 12.2. The topological polar surface area (TPSA) is 15.3 Å². The van der Waals surface area contributed by atoms with Crippen molar-refractivity contribution in [1.29, 1.82) is 0 Å². The third-order valence-electron chi connectivity index (χ3n) is 4.54. The van der Waals surface area contributed by atoms with Crippen LogP contribution in [0.1, 0.15) is 33.3 Å². The molecule has 1 fully saturated rings. The third-order valence-corrected chi connectivity index (χ3v) is 4.54. The number of rotatable bonds is 3. The van der Waals surface area contributed by atoms with Gasteiger partial charge in [0, 0.05) is 31.9 Å². The van der Waals surface area contributed by atoms with E-state index in [1.54, 1.807) is 0 Å². The summed E-state index contributed by atoms with van der Waals surface area (Å²) in [5, 5.41) is 3.39. The van der Waals surface area contributed by atoms with Gasteiger partial charge in [0.1, 0.15) is 0 Å². The van der Waals surface area contributed by atoms with E-state index < -0.39 is 0 Å². The molecule has 1 aliphatic rings. The first-order valence-electron chi connectivity index (χ1n) is 7.08. The number of hydrogen-bond acceptors (Lipinski definition) is 2. The van der Waals surface area contributed by atoms with E-state index in [1.807, 2.05) is 0 Å². The molecular weight excluding hydrogens is 220 g/mol. The van der Waals surface area contributed by atoms with Gasteiger partial charge in [-0.2, -0.15) is 0 Å². The molecule has 2 heteroatoms. The lowest BCUT2D eigenvalue weighted by atomic mass is 9.75. The Bertz CT molecular complexity index is 373. The van der Waals surface area contributed by atoms with E-state index in [9.17, 15) is 0 Å². The van der Waals surface area contributed by atoms with E-state index in [0.717, 1.165) is 26.2 Å². The van der Waals surface area contributed by atoms with Gasteiger partial charge in [0.05, 0.1) is 0 Å². The van der Waals surface area contributed by atoms with Gasteiger partial charge in [0.25, 0.3) is 0 Å². The molecule has 18 heavy (non-hydrogen) atoms. The number of hydrogen-bond donors (Lipinski definition) is 1. The summed E-state index contributed by atoms with van der Waals surface area (Å²) in [6, 6.07) is 9.17. The summed E-state index contributed by atoms with van der Waals surface area (Å²) in [5.41, 5.74) is 3.05. The van der Waals surface area contributed by atoms with Gasteiger partial charge in [-0.25, -0.2) is 0 Å². The average molecular weight is 246 g/mol. The Morgan fingerprint density at radius 2 is 1.61 bits per heavy atom. The Morgan fingerprint density at radius 1 is 1.06 bits per heavy atom. The van der Waals surface area contributed by atoms with Crippen LogP contribution in [0.15, 0.2) is 24.3 Å². The van der Waals surface area contributed by atoms with Crippen LogP contribution in [0.4, 0.5) is 5.69 Å². The number of nitrogens with one attached hydrogen (secondary N) is 1. The first-order valence-corrected chi connectivity index (χ1v) is 7.08. The monoisotopic (exact) mass is 246 g/mol. The second-order valence-corrected chi connectivity index (χ2v) is 6.16. The highest BCUT2D eigenvalue weighted by Gasteiger charge is 2.24. The van der Waals surface area contributed by atoms with Crippen molar-refractivity contribution in [2.45, 2.75) is 33.1 Å². The largest absolute Gasteiger partial charge is 0.369 e. The number of nitrogens with zero attached hydrogens (tertiary/aromatic N) is 1. The highest BCUT2D eigenvalue weighted by molar-refractivity contribution is 5.49. The summed E-state index contributed by atoms with van der Waals surface area (Å²) in [5.74, 6) is 0.655. The molecule has 100 valence electrons. The predicted molar refractivity (Wildman–Crippen MR) is 79.4 cm³/mol. The van der Waals surface area contributed by atoms with E-state index in [4.69, 9.17) is 0 Å². The van der Waals surface area contributed by atoms with Crippen LogP contribution in [-0.4, -0.2) is 26.2 Å². The van der Waals surface area contributed by atoms with E-state index in [-0.39, 0.29) is 5.41 Å². The van der Waals surface area contributed by atoms with Crippen molar-refractivity contribution < 1.29 is 0 Å². The van der Waals surface area contributed by atoms with Crippen LogP contribution in [0.5, 0.6) is 0 Å². The summed E-state index contributed by atoms with van der Waals surface area (Å²) in [4.78, 5) is 2.46. The van der Waals surface area contributed by atoms with Gasteiger partial charge in [-0.05, 0) is 29.0 Å². The fraction of sp³-hybridized carbons (Fsp3) is 0.625. The molecule has 0 amide bonds. The molecule has 2 nitrogen and oxygen atoms in total. The molecule has 0 spiro atoms. The first-order chi connectivity index (χ1) is 8.51. The van der Waals surface area contributed by atoms with Crippen molar-refractivity contribution in [3.63, 3.8) is 0 Å². The zero-order valence-electron chi connectivity index (χ0n) is 12.2. The molecule has 0 aliphatic carbocycles. The molecule has 1 aliphatic heterocycles. The molecule has 0 bridgehead atoms. The van der Waals surface area contributed by atoms with Crippen LogP contribution >= 0.6 is 0 Å². The van der Waals surface area contributed by atoms with Crippen molar-refractivity contribution in [3.05, 3.63) is 29.8 Å². The normalized spacial score (nSPS) is 17.3. The maximum absolute atomic E-state index is 3.39. The average Bonchev–Trinajstić information content (AvgIpc) is 2.40. The Hall–Kier alpha value is -1.02. The van der Waals surface area contributed by atoms with Gasteiger partial charge in [0.2, 0.25) is 0 Å². The van der Waals surface area contributed by atoms with Crippen LogP contribution in [0.2, 0.25) is 0 Å². The standard InChI is InChI=1S/C16H26N2/c1-13(2)16(3,4)14-5-7-15(8-6-14)18-11-9-17-10-12-18/h5-8,13,17H,9-12H2,1-4H3. The molecule has 0 atom stereocenters. The van der Waals surface area contributed by atoms with Gasteiger partial charge in [-0.3, -0.25) is 0 Å². The quantitative estimate of drug-likeness (QED) is 0.882.